The molecule has 0 fully saturated rings. The molecular weight excluding hydrogens is 177 g/mol. The van der Waals surface area contributed by atoms with Crippen molar-refractivity contribution in [1.82, 2.24) is 0 Å². The zero-order valence-electron chi connectivity index (χ0n) is 4.36. The van der Waals surface area contributed by atoms with Crippen LogP contribution in [-0.4, -0.2) is 69.1 Å². The summed E-state index contributed by atoms with van der Waals surface area (Å²) in [4.78, 5) is 0. The molecule has 0 heterocycles. The van der Waals surface area contributed by atoms with Crippen LogP contribution in [0.2, 0.25) is 0 Å². The van der Waals surface area contributed by atoms with Crippen LogP contribution >= 0.6 is 0 Å². The van der Waals surface area contributed by atoms with Crippen LogP contribution in [-0.2, 0) is 15.9 Å². The van der Waals surface area contributed by atoms with E-state index in [4.69, 9.17) is 17.5 Å². The second-order valence-corrected chi connectivity index (χ2v) is 1.22. The summed E-state index contributed by atoms with van der Waals surface area (Å²) in [5.41, 5.74) is 0. The quantitative estimate of drug-likeness (QED) is 0.221. The predicted octanol–water partition coefficient (Wildman–Crippen LogP) is -3.04. The van der Waals surface area contributed by atoms with Gasteiger partial charge in [0.1, 0.15) is 0 Å². The van der Waals surface area contributed by atoms with E-state index in [9.17, 15) is 0 Å². The van der Waals surface area contributed by atoms with Crippen LogP contribution in [0.3, 0.4) is 0 Å². The molecule has 0 bridgehead atoms. The van der Waals surface area contributed by atoms with E-state index in [1.165, 1.54) is 0 Å². The Morgan fingerprint density at radius 3 is 1.00 bits per heavy atom. The standard InChI is InChI=1S/2Mg.H2O4S.H2O.O/c;;1-5(2,3)4;;/h;;(H2,1,2,3,4);1H2;/q2*+2;;;-2/p-2. The second kappa shape index (κ2) is 12.0. The van der Waals surface area contributed by atoms with Crippen molar-refractivity contribution in [2.24, 2.45) is 0 Å². The van der Waals surface area contributed by atoms with Gasteiger partial charge in [-0.3, -0.25) is 8.42 Å². The Labute approximate surface area is 84.5 Å². The summed E-state index contributed by atoms with van der Waals surface area (Å²) < 4.78 is 34.1. The molecule has 0 amide bonds. The normalized spacial score (nSPS) is 6.44. The molecule has 48 valence electrons. The van der Waals surface area contributed by atoms with Gasteiger partial charge in [-0.2, -0.15) is 0 Å². The van der Waals surface area contributed by atoms with E-state index < -0.39 is 10.4 Å². The minimum absolute atomic E-state index is 0. The van der Waals surface area contributed by atoms with Crippen molar-refractivity contribution in [3.05, 3.63) is 0 Å². The van der Waals surface area contributed by atoms with Crippen LogP contribution in [0.4, 0.5) is 0 Å². The Hall–Kier alpha value is 1.32. The zero-order chi connectivity index (χ0) is 4.50. The summed E-state index contributed by atoms with van der Waals surface area (Å²) >= 11 is 0. The topological polar surface area (TPSA) is 140 Å². The van der Waals surface area contributed by atoms with E-state index in [1.54, 1.807) is 0 Å². The Bertz CT molecular complexity index is 94.2. The van der Waals surface area contributed by atoms with E-state index in [1.807, 2.05) is 0 Å². The molecule has 0 aromatic carbocycles. The van der Waals surface area contributed by atoms with Gasteiger partial charge in [0.2, 0.25) is 0 Å². The first-order chi connectivity index (χ1) is 2.00. The monoisotopic (exact) mass is 178 g/mol. The minimum atomic E-state index is -5.17. The zero-order valence-corrected chi connectivity index (χ0v) is 8.01. The maximum absolute atomic E-state index is 8.52. The molecule has 0 rings (SSSR count). The molecule has 0 aromatic heterocycles. The molecule has 0 saturated carbocycles. The fourth-order valence-corrected chi connectivity index (χ4v) is 0. The third kappa shape index (κ3) is 286. The maximum atomic E-state index is 8.52. The summed E-state index contributed by atoms with van der Waals surface area (Å²) in [6.45, 7) is 0. The summed E-state index contributed by atoms with van der Waals surface area (Å²) in [5, 5.41) is 0. The maximum Gasteiger partial charge on any atom is 2.00 e. The fourth-order valence-electron chi connectivity index (χ4n) is 0. The summed E-state index contributed by atoms with van der Waals surface area (Å²) in [6, 6.07) is 0. The molecule has 0 aliphatic rings. The molecule has 6 nitrogen and oxygen atoms in total. The molecule has 0 aromatic rings. The van der Waals surface area contributed by atoms with Crippen LogP contribution in [0.15, 0.2) is 0 Å². The van der Waals surface area contributed by atoms with Gasteiger partial charge < -0.3 is 20.1 Å². The van der Waals surface area contributed by atoms with Crippen LogP contribution in [0, 0.1) is 0 Å². The Balaban J connectivity index is -0.0000000133. The van der Waals surface area contributed by atoms with Crippen molar-refractivity contribution in [2.45, 2.75) is 0 Å². The van der Waals surface area contributed by atoms with E-state index in [-0.39, 0.29) is 57.1 Å². The van der Waals surface area contributed by atoms with Crippen molar-refractivity contribution in [1.29, 1.82) is 0 Å². The second-order valence-electron chi connectivity index (χ2n) is 0.408. The van der Waals surface area contributed by atoms with Crippen molar-refractivity contribution in [3.63, 3.8) is 0 Å². The van der Waals surface area contributed by atoms with Gasteiger partial charge in [-0.15, -0.1) is 0 Å². The summed E-state index contributed by atoms with van der Waals surface area (Å²) in [5.74, 6) is 0. The van der Waals surface area contributed by atoms with Gasteiger partial charge in [0.05, 0.1) is 0 Å². The van der Waals surface area contributed by atoms with Crippen LogP contribution < -0.4 is 0 Å². The average Bonchev–Trinajstić information content (AvgIpc) is 0.722. The van der Waals surface area contributed by atoms with E-state index in [0.717, 1.165) is 0 Å². The SMILES string of the molecule is O.O=S(=O)([O-])[O-].[Mg+2].[Mg+2].[O-2]. The molecule has 9 heavy (non-hydrogen) atoms. The van der Waals surface area contributed by atoms with Gasteiger partial charge in [-0.1, -0.05) is 0 Å². The van der Waals surface area contributed by atoms with Gasteiger partial charge in [0.25, 0.3) is 0 Å². The summed E-state index contributed by atoms with van der Waals surface area (Å²) in [6.07, 6.45) is 0. The van der Waals surface area contributed by atoms with Crippen LogP contribution in [0.25, 0.3) is 0 Å². The van der Waals surface area contributed by atoms with Crippen molar-refractivity contribution in [3.8, 4) is 0 Å². The van der Waals surface area contributed by atoms with Crippen LogP contribution in [0.5, 0.6) is 0 Å². The Kier molecular flexibility index (Phi) is 42.4. The molecule has 0 saturated heterocycles. The molecule has 0 spiro atoms. The third-order valence-electron chi connectivity index (χ3n) is 0. The average molecular weight is 179 g/mol. The van der Waals surface area contributed by atoms with E-state index in [0.29, 0.717) is 0 Å². The van der Waals surface area contributed by atoms with Crippen molar-refractivity contribution < 1.29 is 28.5 Å². The fraction of sp³-hybridized carbons (Fsp3) is 0. The number of hydrogen-bond acceptors (Lipinski definition) is 4. The molecule has 0 aliphatic carbocycles. The smallest absolute Gasteiger partial charge is 2.00 e. The molecule has 0 atom stereocenters. The van der Waals surface area contributed by atoms with Crippen LogP contribution in [0.1, 0.15) is 0 Å². The molecule has 0 radical (unpaired) electrons. The molecule has 9 heteroatoms. The Morgan fingerprint density at radius 2 is 1.00 bits per heavy atom. The molecule has 0 aliphatic heterocycles. The molecule has 0 unspecified atom stereocenters. The molecular formula is H2Mg2O6S. The van der Waals surface area contributed by atoms with Crippen molar-refractivity contribution >= 4 is 56.5 Å². The van der Waals surface area contributed by atoms with Gasteiger partial charge >= 0.3 is 46.1 Å². The molecule has 2 N–H and O–H groups in total. The van der Waals surface area contributed by atoms with Crippen molar-refractivity contribution in [2.75, 3.05) is 0 Å². The van der Waals surface area contributed by atoms with Gasteiger partial charge in [-0.25, -0.2) is 0 Å². The van der Waals surface area contributed by atoms with Gasteiger partial charge in [0, 0.05) is 10.4 Å². The third-order valence-corrected chi connectivity index (χ3v) is 0. The number of rotatable bonds is 0. The Morgan fingerprint density at radius 1 is 1.00 bits per heavy atom. The van der Waals surface area contributed by atoms with E-state index in [2.05, 4.69) is 0 Å². The first-order valence-electron chi connectivity index (χ1n) is 0.667. The first kappa shape index (κ1) is 31.7. The largest absolute Gasteiger partial charge is 2.00 e. The van der Waals surface area contributed by atoms with Gasteiger partial charge in [-0.05, 0) is 0 Å². The minimum Gasteiger partial charge on any atom is -2.00 e. The predicted molar refractivity (Wildman–Crippen MR) is 26.3 cm³/mol. The summed E-state index contributed by atoms with van der Waals surface area (Å²) in [7, 11) is -5.17. The number of hydrogen-bond donors (Lipinski definition) is 0. The first-order valence-corrected chi connectivity index (χ1v) is 2.00. The van der Waals surface area contributed by atoms with Gasteiger partial charge in [0.15, 0.2) is 0 Å². The van der Waals surface area contributed by atoms with E-state index >= 15 is 0 Å².